The first-order chi connectivity index (χ1) is 10.0. The van der Waals surface area contributed by atoms with Crippen LogP contribution < -0.4 is 0 Å². The normalized spacial score (nSPS) is 11.9. The van der Waals surface area contributed by atoms with Crippen LogP contribution in [0.2, 0.25) is 0 Å². The zero-order chi connectivity index (χ0) is 15.4. The largest absolute Gasteiger partial charge is 0.480 e. The minimum absolute atomic E-state index is 0.234. The van der Waals surface area contributed by atoms with Gasteiger partial charge in [-0.15, -0.1) is 0 Å². The molecular formula is C16H17NO4. The Morgan fingerprint density at radius 2 is 1.90 bits per heavy atom. The summed E-state index contributed by atoms with van der Waals surface area (Å²) in [6, 6.07) is 9.93. The SMILES string of the molecule is Cc1occc1C(=O)N(Cc1ccccc1)C(C)C(=O)O. The third-order valence-corrected chi connectivity index (χ3v) is 3.37. The summed E-state index contributed by atoms with van der Waals surface area (Å²) < 4.78 is 5.13. The Kier molecular flexibility index (Phi) is 4.42. The van der Waals surface area contributed by atoms with Crippen LogP contribution in [0, 0.1) is 6.92 Å². The second-order valence-corrected chi connectivity index (χ2v) is 4.82. The number of benzene rings is 1. The lowest BCUT2D eigenvalue weighted by Crippen LogP contribution is -2.42. The molecule has 1 aromatic carbocycles. The molecule has 110 valence electrons. The Balaban J connectivity index is 2.30. The molecule has 5 nitrogen and oxygen atoms in total. The van der Waals surface area contributed by atoms with Crippen LogP contribution in [0.25, 0.3) is 0 Å². The zero-order valence-corrected chi connectivity index (χ0v) is 11.9. The first-order valence-corrected chi connectivity index (χ1v) is 6.62. The second-order valence-electron chi connectivity index (χ2n) is 4.82. The summed E-state index contributed by atoms with van der Waals surface area (Å²) in [6.07, 6.45) is 1.43. The van der Waals surface area contributed by atoms with Crippen LogP contribution in [0.1, 0.15) is 28.6 Å². The number of carbonyl (C=O) groups is 2. The van der Waals surface area contributed by atoms with Crippen LogP contribution >= 0.6 is 0 Å². The highest BCUT2D eigenvalue weighted by molar-refractivity contribution is 5.97. The fourth-order valence-electron chi connectivity index (χ4n) is 2.06. The van der Waals surface area contributed by atoms with E-state index in [-0.39, 0.29) is 12.5 Å². The highest BCUT2D eigenvalue weighted by Crippen LogP contribution is 2.17. The van der Waals surface area contributed by atoms with Gasteiger partial charge in [-0.2, -0.15) is 0 Å². The van der Waals surface area contributed by atoms with E-state index in [1.807, 2.05) is 30.3 Å². The lowest BCUT2D eigenvalue weighted by Gasteiger charge is -2.26. The molecule has 2 aromatic rings. The molecule has 1 atom stereocenters. The third kappa shape index (κ3) is 3.31. The van der Waals surface area contributed by atoms with E-state index in [0.717, 1.165) is 5.56 Å². The van der Waals surface area contributed by atoms with Crippen molar-refractivity contribution in [2.75, 3.05) is 0 Å². The Bertz CT molecular complexity index is 633. The van der Waals surface area contributed by atoms with E-state index in [2.05, 4.69) is 0 Å². The molecule has 1 unspecified atom stereocenters. The van der Waals surface area contributed by atoms with Crippen LogP contribution in [0.3, 0.4) is 0 Å². The van der Waals surface area contributed by atoms with E-state index >= 15 is 0 Å². The van der Waals surface area contributed by atoms with Crippen molar-refractivity contribution < 1.29 is 19.1 Å². The molecule has 1 N–H and O–H groups in total. The lowest BCUT2D eigenvalue weighted by atomic mass is 10.1. The van der Waals surface area contributed by atoms with Gasteiger partial charge in [0.2, 0.25) is 0 Å². The number of carboxylic acids is 1. The summed E-state index contributed by atoms with van der Waals surface area (Å²) >= 11 is 0. The molecule has 21 heavy (non-hydrogen) atoms. The molecule has 0 spiro atoms. The van der Waals surface area contributed by atoms with Gasteiger partial charge in [-0.1, -0.05) is 30.3 Å². The Morgan fingerprint density at radius 1 is 1.24 bits per heavy atom. The van der Waals surface area contributed by atoms with Gasteiger partial charge in [-0.3, -0.25) is 4.79 Å². The van der Waals surface area contributed by atoms with Gasteiger partial charge in [0.15, 0.2) is 0 Å². The molecule has 1 aromatic heterocycles. The summed E-state index contributed by atoms with van der Waals surface area (Å²) in [7, 11) is 0. The molecule has 0 saturated heterocycles. The van der Waals surface area contributed by atoms with Gasteiger partial charge >= 0.3 is 5.97 Å². The average Bonchev–Trinajstić information content (AvgIpc) is 2.90. The van der Waals surface area contributed by atoms with Crippen molar-refractivity contribution in [1.29, 1.82) is 0 Å². The quantitative estimate of drug-likeness (QED) is 0.917. The fourth-order valence-corrected chi connectivity index (χ4v) is 2.06. The van der Waals surface area contributed by atoms with E-state index < -0.39 is 12.0 Å². The standard InChI is InChI=1S/C16H17NO4/c1-11(16(19)20)17(10-13-6-4-3-5-7-13)15(18)14-8-9-21-12(14)2/h3-9,11H,10H2,1-2H3,(H,19,20). The minimum Gasteiger partial charge on any atom is -0.480 e. The van der Waals surface area contributed by atoms with Gasteiger partial charge in [0.1, 0.15) is 11.8 Å². The molecule has 0 saturated carbocycles. The topological polar surface area (TPSA) is 70.8 Å². The van der Waals surface area contributed by atoms with Crippen LogP contribution in [-0.4, -0.2) is 27.9 Å². The summed E-state index contributed by atoms with van der Waals surface area (Å²) in [5.41, 5.74) is 1.26. The molecule has 0 bridgehead atoms. The number of amides is 1. The number of hydrogen-bond acceptors (Lipinski definition) is 3. The molecule has 0 aliphatic heterocycles. The number of rotatable bonds is 5. The summed E-state index contributed by atoms with van der Waals surface area (Å²) in [5.74, 6) is -0.906. The van der Waals surface area contributed by atoms with E-state index in [1.165, 1.54) is 18.1 Å². The maximum absolute atomic E-state index is 12.6. The summed E-state index contributed by atoms with van der Waals surface area (Å²) in [4.78, 5) is 25.2. The van der Waals surface area contributed by atoms with Crippen molar-refractivity contribution in [3.63, 3.8) is 0 Å². The molecule has 0 fully saturated rings. The fraction of sp³-hybridized carbons (Fsp3) is 0.250. The van der Waals surface area contributed by atoms with Gasteiger partial charge in [0.05, 0.1) is 11.8 Å². The Hall–Kier alpha value is -2.56. The van der Waals surface area contributed by atoms with Crippen LogP contribution in [0.5, 0.6) is 0 Å². The van der Waals surface area contributed by atoms with Gasteiger partial charge in [-0.25, -0.2) is 4.79 Å². The molecule has 0 radical (unpaired) electrons. The number of aryl methyl sites for hydroxylation is 1. The molecule has 2 rings (SSSR count). The maximum Gasteiger partial charge on any atom is 0.326 e. The first kappa shape index (κ1) is 14.8. The summed E-state index contributed by atoms with van der Waals surface area (Å²) in [6.45, 7) is 3.41. The Labute approximate surface area is 122 Å². The van der Waals surface area contributed by atoms with E-state index in [1.54, 1.807) is 13.0 Å². The number of carbonyl (C=O) groups excluding carboxylic acids is 1. The number of furan rings is 1. The molecule has 0 aliphatic rings. The van der Waals surface area contributed by atoms with Crippen LogP contribution in [0.15, 0.2) is 47.1 Å². The van der Waals surface area contributed by atoms with E-state index in [0.29, 0.717) is 11.3 Å². The predicted octanol–water partition coefficient (Wildman–Crippen LogP) is 2.70. The first-order valence-electron chi connectivity index (χ1n) is 6.62. The number of carboxylic acid groups (broad SMARTS) is 1. The van der Waals surface area contributed by atoms with Crippen LogP contribution in [-0.2, 0) is 11.3 Å². The van der Waals surface area contributed by atoms with Crippen molar-refractivity contribution in [1.82, 2.24) is 4.90 Å². The number of nitrogens with zero attached hydrogens (tertiary/aromatic N) is 1. The minimum atomic E-state index is -1.04. The van der Waals surface area contributed by atoms with Crippen molar-refractivity contribution in [3.05, 3.63) is 59.5 Å². The zero-order valence-electron chi connectivity index (χ0n) is 11.9. The monoisotopic (exact) mass is 287 g/mol. The average molecular weight is 287 g/mol. The van der Waals surface area contributed by atoms with Crippen molar-refractivity contribution in [2.24, 2.45) is 0 Å². The van der Waals surface area contributed by atoms with Crippen molar-refractivity contribution in [3.8, 4) is 0 Å². The van der Waals surface area contributed by atoms with E-state index in [4.69, 9.17) is 4.42 Å². The molecule has 5 heteroatoms. The van der Waals surface area contributed by atoms with Crippen molar-refractivity contribution >= 4 is 11.9 Å². The van der Waals surface area contributed by atoms with Gasteiger partial charge in [-0.05, 0) is 25.5 Å². The predicted molar refractivity (Wildman–Crippen MR) is 76.9 cm³/mol. The number of aliphatic carboxylic acids is 1. The highest BCUT2D eigenvalue weighted by atomic mass is 16.4. The molecule has 0 aliphatic carbocycles. The maximum atomic E-state index is 12.6. The Morgan fingerprint density at radius 3 is 2.43 bits per heavy atom. The van der Waals surface area contributed by atoms with Crippen molar-refractivity contribution in [2.45, 2.75) is 26.4 Å². The highest BCUT2D eigenvalue weighted by Gasteiger charge is 2.28. The lowest BCUT2D eigenvalue weighted by molar-refractivity contribution is -0.141. The molecule has 1 heterocycles. The molecule has 1 amide bonds. The van der Waals surface area contributed by atoms with Gasteiger partial charge in [0.25, 0.3) is 5.91 Å². The van der Waals surface area contributed by atoms with Gasteiger partial charge < -0.3 is 14.4 Å². The van der Waals surface area contributed by atoms with Gasteiger partial charge in [0, 0.05) is 6.54 Å². The smallest absolute Gasteiger partial charge is 0.326 e. The molecular weight excluding hydrogens is 270 g/mol. The summed E-state index contributed by atoms with van der Waals surface area (Å²) in [5, 5.41) is 9.23. The second kappa shape index (κ2) is 6.26. The van der Waals surface area contributed by atoms with E-state index in [9.17, 15) is 14.7 Å². The number of hydrogen-bond donors (Lipinski definition) is 1. The van der Waals surface area contributed by atoms with Crippen LogP contribution in [0.4, 0.5) is 0 Å². The third-order valence-electron chi connectivity index (χ3n) is 3.37.